The van der Waals surface area contributed by atoms with Crippen molar-refractivity contribution >= 4 is 17.3 Å². The molecule has 13 heavy (non-hydrogen) atoms. The third kappa shape index (κ3) is 8.91. The zero-order chi connectivity index (χ0) is 10.1. The van der Waals surface area contributed by atoms with Crippen molar-refractivity contribution in [2.75, 3.05) is 6.61 Å². The van der Waals surface area contributed by atoms with E-state index in [1.165, 1.54) is 12.1 Å². The first-order valence-electron chi connectivity index (χ1n) is 3.70. The normalized spacial score (nSPS) is 8.46. The Hall–Kier alpha value is -1.00. The van der Waals surface area contributed by atoms with Crippen molar-refractivity contribution in [3.8, 4) is 0 Å². The van der Waals surface area contributed by atoms with Gasteiger partial charge in [0.1, 0.15) is 5.82 Å². The van der Waals surface area contributed by atoms with Crippen LogP contribution in [0.15, 0.2) is 30.3 Å². The second kappa shape index (κ2) is 7.64. The van der Waals surface area contributed by atoms with Gasteiger partial charge in [-0.15, -0.1) is 0 Å². The average molecular weight is 202 g/mol. The standard InChI is InChI=1S/C6H5F.C3H6O2S/c7-6-4-2-1-3-5-6;4-2-1-3(5)6/h1-5H;4H,1-2H2,(H,5,6). The maximum absolute atomic E-state index is 11.9. The van der Waals surface area contributed by atoms with Gasteiger partial charge in [0.15, 0.2) is 5.05 Å². The summed E-state index contributed by atoms with van der Waals surface area (Å²) in [7, 11) is 0. The second-order valence-electron chi connectivity index (χ2n) is 2.16. The fourth-order valence-corrected chi connectivity index (χ4v) is 0.602. The lowest BCUT2D eigenvalue weighted by Crippen LogP contribution is -1.93. The summed E-state index contributed by atoms with van der Waals surface area (Å²) >= 11 is 4.19. The summed E-state index contributed by atoms with van der Waals surface area (Å²) in [6.07, 6.45) is 0.218. The van der Waals surface area contributed by atoms with E-state index >= 15 is 0 Å². The molecular weight excluding hydrogens is 191 g/mol. The number of halogens is 1. The summed E-state index contributed by atoms with van der Waals surface area (Å²) in [6, 6.07) is 7.94. The van der Waals surface area contributed by atoms with Crippen molar-refractivity contribution in [2.45, 2.75) is 6.42 Å². The Balaban J connectivity index is 0.000000226. The number of thiocarbonyl (C=S) groups is 1. The molecule has 2 nitrogen and oxygen atoms in total. The predicted molar refractivity (Wildman–Crippen MR) is 53.3 cm³/mol. The van der Waals surface area contributed by atoms with Crippen LogP contribution in [0.1, 0.15) is 6.42 Å². The van der Waals surface area contributed by atoms with E-state index in [0.717, 1.165) is 0 Å². The van der Waals surface area contributed by atoms with Crippen LogP contribution in [-0.2, 0) is 0 Å². The largest absolute Gasteiger partial charge is 0.502 e. The highest BCUT2D eigenvalue weighted by Crippen LogP contribution is 1.91. The minimum atomic E-state index is -0.178. The van der Waals surface area contributed by atoms with Gasteiger partial charge in [-0.3, -0.25) is 0 Å². The first-order chi connectivity index (χ1) is 6.16. The van der Waals surface area contributed by atoms with Crippen LogP contribution in [0.3, 0.4) is 0 Å². The molecule has 0 radical (unpaired) electrons. The van der Waals surface area contributed by atoms with Gasteiger partial charge >= 0.3 is 0 Å². The number of rotatable bonds is 2. The Morgan fingerprint density at radius 1 is 1.31 bits per heavy atom. The van der Waals surface area contributed by atoms with Gasteiger partial charge in [-0.25, -0.2) is 4.39 Å². The van der Waals surface area contributed by atoms with Crippen LogP contribution in [-0.4, -0.2) is 21.9 Å². The molecule has 0 amide bonds. The van der Waals surface area contributed by atoms with E-state index in [9.17, 15) is 4.39 Å². The lowest BCUT2D eigenvalue weighted by Gasteiger charge is -1.83. The van der Waals surface area contributed by atoms with Crippen LogP contribution in [0.4, 0.5) is 4.39 Å². The third-order valence-electron chi connectivity index (χ3n) is 1.06. The van der Waals surface area contributed by atoms with E-state index in [0.29, 0.717) is 0 Å². The molecular formula is C9H11FO2S. The smallest absolute Gasteiger partial charge is 0.158 e. The first-order valence-corrected chi connectivity index (χ1v) is 4.11. The molecule has 1 aromatic carbocycles. The molecule has 1 rings (SSSR count). The highest BCUT2D eigenvalue weighted by atomic mass is 32.1. The summed E-state index contributed by atoms with van der Waals surface area (Å²) in [5.74, 6) is -0.178. The summed E-state index contributed by atoms with van der Waals surface area (Å²) in [6.45, 7) is -0.0602. The monoisotopic (exact) mass is 202 g/mol. The summed E-state index contributed by atoms with van der Waals surface area (Å²) in [4.78, 5) is 0. The van der Waals surface area contributed by atoms with Crippen molar-refractivity contribution in [3.63, 3.8) is 0 Å². The lowest BCUT2D eigenvalue weighted by molar-refractivity contribution is 0.300. The van der Waals surface area contributed by atoms with E-state index < -0.39 is 0 Å². The number of hydrogen-bond donors (Lipinski definition) is 2. The van der Waals surface area contributed by atoms with Crippen molar-refractivity contribution in [1.82, 2.24) is 0 Å². The summed E-state index contributed by atoms with van der Waals surface area (Å²) in [5.41, 5.74) is 0. The Morgan fingerprint density at radius 3 is 2.00 bits per heavy atom. The van der Waals surface area contributed by atoms with Crippen LogP contribution in [0.25, 0.3) is 0 Å². The van der Waals surface area contributed by atoms with Crippen LogP contribution < -0.4 is 0 Å². The molecule has 0 aliphatic heterocycles. The van der Waals surface area contributed by atoms with Gasteiger partial charge in [0, 0.05) is 6.42 Å². The molecule has 0 saturated carbocycles. The van der Waals surface area contributed by atoms with Gasteiger partial charge < -0.3 is 10.2 Å². The number of benzene rings is 1. The number of aliphatic hydroxyl groups is 2. The van der Waals surface area contributed by atoms with Gasteiger partial charge in [-0.05, 0) is 24.4 Å². The Bertz CT molecular complexity index is 239. The van der Waals surface area contributed by atoms with Crippen molar-refractivity contribution < 1.29 is 14.6 Å². The van der Waals surface area contributed by atoms with E-state index in [1.807, 2.05) is 0 Å². The number of aliphatic hydroxyl groups excluding tert-OH is 2. The van der Waals surface area contributed by atoms with Crippen molar-refractivity contribution in [1.29, 1.82) is 0 Å². The highest BCUT2D eigenvalue weighted by Gasteiger charge is 1.83. The fraction of sp³-hybridized carbons (Fsp3) is 0.222. The molecule has 0 aliphatic carbocycles. The molecule has 0 aromatic heterocycles. The Kier molecular flexibility index (Phi) is 7.05. The van der Waals surface area contributed by atoms with Crippen LogP contribution in [0, 0.1) is 5.82 Å². The lowest BCUT2D eigenvalue weighted by atomic mass is 10.4. The van der Waals surface area contributed by atoms with E-state index in [4.69, 9.17) is 10.2 Å². The maximum Gasteiger partial charge on any atom is 0.158 e. The molecule has 0 unspecified atom stereocenters. The van der Waals surface area contributed by atoms with Gasteiger partial charge in [0.05, 0.1) is 6.61 Å². The Labute approximate surface area is 81.6 Å². The second-order valence-corrected chi connectivity index (χ2v) is 2.63. The summed E-state index contributed by atoms with van der Waals surface area (Å²) < 4.78 is 11.9. The zero-order valence-corrected chi connectivity index (χ0v) is 7.80. The SMILES string of the molecule is Fc1ccccc1.OCCC(O)=S. The first kappa shape index (κ1) is 12.0. The Morgan fingerprint density at radius 2 is 1.85 bits per heavy atom. The molecule has 0 fully saturated rings. The highest BCUT2D eigenvalue weighted by molar-refractivity contribution is 7.80. The molecule has 1 aromatic rings. The minimum absolute atomic E-state index is 0.0602. The van der Waals surface area contributed by atoms with Crippen LogP contribution >= 0.6 is 12.2 Å². The van der Waals surface area contributed by atoms with E-state index in [2.05, 4.69) is 12.2 Å². The third-order valence-corrected chi connectivity index (χ3v) is 1.26. The zero-order valence-electron chi connectivity index (χ0n) is 6.98. The molecule has 0 bridgehead atoms. The predicted octanol–water partition coefficient (Wildman–Crippen LogP) is 2.08. The molecule has 0 spiro atoms. The minimum Gasteiger partial charge on any atom is -0.502 e. The molecule has 72 valence electrons. The average Bonchev–Trinajstić information content (AvgIpc) is 2.06. The van der Waals surface area contributed by atoms with Gasteiger partial charge in [-0.2, -0.15) is 0 Å². The van der Waals surface area contributed by atoms with Crippen LogP contribution in [0.2, 0.25) is 0 Å². The van der Waals surface area contributed by atoms with E-state index in [-0.39, 0.29) is 23.9 Å². The maximum atomic E-state index is 11.9. The summed E-state index contributed by atoms with van der Waals surface area (Å²) in [5, 5.41) is 16.0. The van der Waals surface area contributed by atoms with Crippen molar-refractivity contribution in [2.24, 2.45) is 0 Å². The molecule has 0 atom stereocenters. The molecule has 0 aliphatic rings. The van der Waals surface area contributed by atoms with Crippen LogP contribution in [0.5, 0.6) is 0 Å². The molecule has 2 N–H and O–H groups in total. The topological polar surface area (TPSA) is 40.5 Å². The molecule has 0 saturated heterocycles. The quantitative estimate of drug-likeness (QED) is 0.721. The van der Waals surface area contributed by atoms with Gasteiger partial charge in [0.25, 0.3) is 0 Å². The number of hydrogen-bond acceptors (Lipinski definition) is 2. The van der Waals surface area contributed by atoms with E-state index in [1.54, 1.807) is 18.2 Å². The molecule has 4 heteroatoms. The van der Waals surface area contributed by atoms with Crippen molar-refractivity contribution in [3.05, 3.63) is 36.1 Å². The van der Waals surface area contributed by atoms with Gasteiger partial charge in [0.2, 0.25) is 0 Å². The molecule has 0 heterocycles. The fourth-order valence-electron chi connectivity index (χ4n) is 0.510. The van der Waals surface area contributed by atoms with Gasteiger partial charge in [-0.1, -0.05) is 18.2 Å².